The van der Waals surface area contributed by atoms with Gasteiger partial charge in [0.1, 0.15) is 5.76 Å². The molecule has 2 aliphatic carbocycles. The maximum absolute atomic E-state index is 14.2. The Balaban J connectivity index is 2.55. The molecule has 2 bridgehead atoms. The van der Waals surface area contributed by atoms with Gasteiger partial charge in [-0.25, -0.2) is 0 Å². The van der Waals surface area contributed by atoms with Gasteiger partial charge < -0.3 is 14.0 Å². The first-order chi connectivity index (χ1) is 19.2. The van der Waals surface area contributed by atoms with Crippen LogP contribution in [0.25, 0.3) is 0 Å². The Morgan fingerprint density at radius 3 is 1.95 bits per heavy atom. The van der Waals surface area contributed by atoms with Crippen LogP contribution in [0.5, 0.6) is 0 Å². The van der Waals surface area contributed by atoms with Crippen molar-refractivity contribution in [3.63, 3.8) is 0 Å². The van der Waals surface area contributed by atoms with Gasteiger partial charge in [0.2, 0.25) is 0 Å². The Bertz CT molecular complexity index is 885. The first kappa shape index (κ1) is 35.0. The van der Waals surface area contributed by atoms with Gasteiger partial charge in [0, 0.05) is 18.1 Å². The smallest absolute Gasteiger partial charge is 0.193 e. The number of Topliss-reactive ketones (excluding diaryl/α,β-unsaturated/α-hetero) is 1. The third-order valence-corrected chi connectivity index (χ3v) is 20.1. The standard InChI is InChI=1S/C34H60O4Si2/c1-10-19-20-21-22-23-24-27-28(25-26-37-39(13-4,14-5)15-6)32-33(36)30(29(35)11-2)31(27)34(32,12-3)38-40(16-7,17-8)18-9/h10-12,19,27-28,31-32,35H,2-3,13-18,20-26H2,1,4-9H3/b19-10+,30-29+/t27-,28-,31-,32+,34-/m0/s1. The van der Waals surface area contributed by atoms with Gasteiger partial charge in [0.05, 0.1) is 11.5 Å². The molecule has 0 aliphatic heterocycles. The molecule has 6 heteroatoms. The lowest BCUT2D eigenvalue weighted by Gasteiger charge is -2.42. The van der Waals surface area contributed by atoms with E-state index < -0.39 is 22.2 Å². The molecule has 1 N–H and O–H groups in total. The molecule has 0 aromatic heterocycles. The van der Waals surface area contributed by atoms with E-state index in [4.69, 9.17) is 8.85 Å². The highest BCUT2D eigenvalue weighted by Crippen LogP contribution is 2.64. The number of carbonyl (C=O) groups is 1. The van der Waals surface area contributed by atoms with E-state index in [0.29, 0.717) is 12.2 Å². The Morgan fingerprint density at radius 2 is 1.45 bits per heavy atom. The molecule has 5 atom stereocenters. The van der Waals surface area contributed by atoms with Crippen molar-refractivity contribution in [3.05, 3.63) is 48.8 Å². The number of hydrogen-bond donors (Lipinski definition) is 1. The van der Waals surface area contributed by atoms with Crippen molar-refractivity contribution in [2.45, 2.75) is 129 Å². The second-order valence-electron chi connectivity index (χ2n) is 12.1. The lowest BCUT2D eigenvalue weighted by Crippen LogP contribution is -2.50. The van der Waals surface area contributed by atoms with Crippen LogP contribution in [0, 0.1) is 23.7 Å². The Kier molecular flexibility index (Phi) is 13.9. The summed E-state index contributed by atoms with van der Waals surface area (Å²) < 4.78 is 14.1. The van der Waals surface area contributed by atoms with Crippen LogP contribution in [0.4, 0.5) is 0 Å². The molecule has 2 rings (SSSR count). The highest BCUT2D eigenvalue weighted by molar-refractivity contribution is 6.74. The van der Waals surface area contributed by atoms with E-state index in [9.17, 15) is 9.90 Å². The van der Waals surface area contributed by atoms with Gasteiger partial charge in [-0.05, 0) is 86.8 Å². The zero-order valence-corrected chi connectivity index (χ0v) is 28.9. The van der Waals surface area contributed by atoms with Crippen molar-refractivity contribution in [1.29, 1.82) is 0 Å². The summed E-state index contributed by atoms with van der Waals surface area (Å²) in [6.45, 7) is 24.5. The zero-order chi connectivity index (χ0) is 30.0. The Morgan fingerprint density at radius 1 is 0.875 bits per heavy atom. The topological polar surface area (TPSA) is 55.8 Å². The van der Waals surface area contributed by atoms with Crippen molar-refractivity contribution in [2.75, 3.05) is 6.61 Å². The molecule has 2 fully saturated rings. The summed E-state index contributed by atoms with van der Waals surface area (Å²) in [5, 5.41) is 11.0. The van der Waals surface area contributed by atoms with Crippen molar-refractivity contribution in [1.82, 2.24) is 0 Å². The number of aliphatic hydroxyl groups is 1. The Labute approximate surface area is 248 Å². The molecule has 40 heavy (non-hydrogen) atoms. The molecule has 0 saturated heterocycles. The van der Waals surface area contributed by atoms with Crippen LogP contribution in [0.3, 0.4) is 0 Å². The number of aliphatic hydroxyl groups excluding tert-OH is 1. The fraction of sp³-hybridized carbons (Fsp3) is 0.735. The number of allylic oxidation sites excluding steroid dienone is 3. The molecule has 0 aromatic rings. The predicted molar refractivity (Wildman–Crippen MR) is 176 cm³/mol. The minimum atomic E-state index is -2.10. The van der Waals surface area contributed by atoms with E-state index in [1.54, 1.807) is 0 Å². The van der Waals surface area contributed by atoms with E-state index in [1.807, 2.05) is 6.08 Å². The van der Waals surface area contributed by atoms with Gasteiger partial charge in [-0.1, -0.05) is 79.2 Å². The van der Waals surface area contributed by atoms with E-state index in [-0.39, 0.29) is 35.2 Å². The molecule has 0 unspecified atom stereocenters. The Hall–Kier alpha value is -1.22. The fourth-order valence-corrected chi connectivity index (χ4v) is 13.6. The number of rotatable bonds is 20. The summed E-state index contributed by atoms with van der Waals surface area (Å²) >= 11 is 0. The number of hydrogen-bond acceptors (Lipinski definition) is 4. The van der Waals surface area contributed by atoms with E-state index in [2.05, 4.69) is 73.8 Å². The predicted octanol–water partition coefficient (Wildman–Crippen LogP) is 9.93. The summed E-state index contributed by atoms with van der Waals surface area (Å²) in [7, 11) is -3.83. The van der Waals surface area contributed by atoms with E-state index in [0.717, 1.165) is 61.9 Å². The van der Waals surface area contributed by atoms with Crippen molar-refractivity contribution < 1.29 is 18.8 Å². The monoisotopic (exact) mass is 588 g/mol. The lowest BCUT2D eigenvalue weighted by atomic mass is 9.72. The van der Waals surface area contributed by atoms with E-state index >= 15 is 0 Å². The number of ketones is 1. The van der Waals surface area contributed by atoms with Crippen LogP contribution in [-0.2, 0) is 13.6 Å². The van der Waals surface area contributed by atoms with Crippen LogP contribution in [0.15, 0.2) is 48.8 Å². The van der Waals surface area contributed by atoms with Crippen molar-refractivity contribution in [3.8, 4) is 0 Å². The summed E-state index contributed by atoms with van der Waals surface area (Å²) in [6, 6.07) is 6.41. The SMILES string of the molecule is C=C/C(O)=C1\C(=O)[C@H]2[C@@H](CCO[Si](CC)(CC)CC)[C@H](CCCCC/C=C/C)[C@@H]1[C@]2(C=C)O[Si](CC)(CC)CC. The largest absolute Gasteiger partial charge is 0.508 e. The normalized spacial score (nSPS) is 28.0. The minimum absolute atomic E-state index is 0.0336. The molecule has 0 amide bonds. The maximum Gasteiger partial charge on any atom is 0.193 e. The number of fused-ring (bicyclic) bond motifs is 2. The van der Waals surface area contributed by atoms with Gasteiger partial charge in [-0.3, -0.25) is 4.79 Å². The second kappa shape index (κ2) is 15.9. The zero-order valence-electron chi connectivity index (χ0n) is 26.9. The molecule has 2 saturated carbocycles. The summed E-state index contributed by atoms with van der Waals surface area (Å²) in [6.07, 6.45) is 14.2. The fourth-order valence-electron chi connectivity index (χ4n) is 7.89. The van der Waals surface area contributed by atoms with Crippen LogP contribution in [-0.4, -0.2) is 39.7 Å². The lowest BCUT2D eigenvalue weighted by molar-refractivity contribution is -0.123. The minimum Gasteiger partial charge on any atom is -0.508 e. The van der Waals surface area contributed by atoms with Crippen LogP contribution in [0.2, 0.25) is 36.3 Å². The average Bonchev–Trinajstić information content (AvgIpc) is 3.38. The summed E-state index contributed by atoms with van der Waals surface area (Å²) in [5.41, 5.74) is -0.214. The van der Waals surface area contributed by atoms with Crippen LogP contribution >= 0.6 is 0 Å². The summed E-state index contributed by atoms with van der Waals surface area (Å²) in [5.74, 6) is 0.00614. The first-order valence-electron chi connectivity index (χ1n) is 16.4. The summed E-state index contributed by atoms with van der Waals surface area (Å²) in [4.78, 5) is 14.2. The molecule has 0 spiro atoms. The van der Waals surface area contributed by atoms with Gasteiger partial charge in [-0.15, -0.1) is 6.58 Å². The van der Waals surface area contributed by atoms with Gasteiger partial charge in [0.15, 0.2) is 22.4 Å². The quantitative estimate of drug-likeness (QED) is 0.0505. The first-order valence-corrected chi connectivity index (χ1v) is 21.4. The van der Waals surface area contributed by atoms with Crippen molar-refractivity contribution >= 4 is 22.4 Å². The highest BCUT2D eigenvalue weighted by Gasteiger charge is 2.70. The van der Waals surface area contributed by atoms with Crippen LogP contribution in [0.1, 0.15) is 87.0 Å². The molecular formula is C34H60O4Si2. The van der Waals surface area contributed by atoms with Gasteiger partial charge in [-0.2, -0.15) is 0 Å². The van der Waals surface area contributed by atoms with Gasteiger partial charge >= 0.3 is 0 Å². The molecule has 0 aromatic carbocycles. The second-order valence-corrected chi connectivity index (χ2v) is 21.6. The molecule has 228 valence electrons. The number of unbranched alkanes of at least 4 members (excludes halogenated alkanes) is 3. The van der Waals surface area contributed by atoms with Gasteiger partial charge in [0.25, 0.3) is 0 Å². The molecule has 0 heterocycles. The van der Waals surface area contributed by atoms with E-state index in [1.165, 1.54) is 18.9 Å². The van der Waals surface area contributed by atoms with Crippen molar-refractivity contribution in [2.24, 2.45) is 23.7 Å². The van der Waals surface area contributed by atoms with Crippen LogP contribution < -0.4 is 0 Å². The molecule has 4 nitrogen and oxygen atoms in total. The molecule has 2 aliphatic rings. The molecular weight excluding hydrogens is 529 g/mol. The third-order valence-electron chi connectivity index (χ3n) is 10.8. The molecule has 0 radical (unpaired) electrons. The maximum atomic E-state index is 14.2. The third kappa shape index (κ3) is 6.87. The number of carbonyl (C=O) groups excluding carboxylic acids is 1. The highest BCUT2D eigenvalue weighted by atomic mass is 28.4. The average molecular weight is 589 g/mol.